The van der Waals surface area contributed by atoms with Crippen LogP contribution in [0.3, 0.4) is 0 Å². The summed E-state index contributed by atoms with van der Waals surface area (Å²) in [7, 11) is -3.44. The molecule has 3 N–H and O–H groups in total. The molecule has 1 heterocycles. The highest BCUT2D eigenvalue weighted by Gasteiger charge is 2.21. The molecule has 4 nitrogen and oxygen atoms in total. The van der Waals surface area contributed by atoms with Gasteiger partial charge in [-0.25, -0.2) is 13.1 Å². The zero-order valence-corrected chi connectivity index (χ0v) is 13.0. The Labute approximate surface area is 115 Å². The van der Waals surface area contributed by atoms with E-state index < -0.39 is 10.0 Å². The molecule has 0 saturated heterocycles. The normalized spacial score (nSPS) is 14.2. The van der Waals surface area contributed by atoms with Crippen molar-refractivity contribution in [1.82, 2.24) is 4.72 Å². The Kier molecular flexibility index (Phi) is 5.59. The second-order valence-electron chi connectivity index (χ2n) is 4.24. The molecule has 0 aromatic carbocycles. The second-order valence-corrected chi connectivity index (χ2v) is 8.65. The van der Waals surface area contributed by atoms with Crippen LogP contribution >= 0.6 is 27.3 Å². The average Bonchev–Trinajstić information content (AvgIpc) is 2.63. The fourth-order valence-electron chi connectivity index (χ4n) is 1.48. The molecule has 0 radical (unpaired) electrons. The van der Waals surface area contributed by atoms with Crippen molar-refractivity contribution in [2.75, 3.05) is 6.54 Å². The minimum absolute atomic E-state index is 0.208. The van der Waals surface area contributed by atoms with Gasteiger partial charge in [-0.2, -0.15) is 0 Å². The molecule has 1 rings (SSSR count). The van der Waals surface area contributed by atoms with Gasteiger partial charge in [0.1, 0.15) is 4.21 Å². The summed E-state index contributed by atoms with van der Waals surface area (Å²) in [6, 6.07) is 3.10. The molecule has 0 saturated carbocycles. The van der Waals surface area contributed by atoms with Crippen molar-refractivity contribution in [3.63, 3.8) is 0 Å². The summed E-state index contributed by atoms with van der Waals surface area (Å²) in [4.78, 5) is 0. The van der Waals surface area contributed by atoms with E-state index in [1.54, 1.807) is 12.1 Å². The summed E-state index contributed by atoms with van der Waals surface area (Å²) >= 11 is 4.44. The van der Waals surface area contributed by atoms with E-state index in [-0.39, 0.29) is 6.04 Å². The average molecular weight is 341 g/mol. The highest BCUT2D eigenvalue weighted by atomic mass is 79.9. The Bertz CT molecular complexity index is 457. The lowest BCUT2D eigenvalue weighted by atomic mass is 10.1. The molecular weight excluding hydrogens is 324 g/mol. The van der Waals surface area contributed by atoms with Crippen LogP contribution in [0.4, 0.5) is 0 Å². The quantitative estimate of drug-likeness (QED) is 0.833. The first-order chi connectivity index (χ1) is 7.85. The first-order valence-electron chi connectivity index (χ1n) is 5.33. The molecule has 1 aromatic heterocycles. The zero-order chi connectivity index (χ0) is 13.1. The van der Waals surface area contributed by atoms with Gasteiger partial charge in [-0.3, -0.25) is 0 Å². The van der Waals surface area contributed by atoms with E-state index in [2.05, 4.69) is 20.7 Å². The van der Waals surface area contributed by atoms with Crippen LogP contribution in [0, 0.1) is 5.92 Å². The maximum Gasteiger partial charge on any atom is 0.250 e. The molecule has 1 unspecified atom stereocenters. The molecule has 0 spiro atoms. The first kappa shape index (κ1) is 15.1. The molecule has 0 aliphatic carbocycles. The molecule has 98 valence electrons. The van der Waals surface area contributed by atoms with Crippen LogP contribution < -0.4 is 10.5 Å². The van der Waals surface area contributed by atoms with Gasteiger partial charge in [0.2, 0.25) is 10.0 Å². The van der Waals surface area contributed by atoms with Gasteiger partial charge < -0.3 is 5.73 Å². The Morgan fingerprint density at radius 3 is 2.53 bits per heavy atom. The van der Waals surface area contributed by atoms with Crippen LogP contribution in [0.1, 0.15) is 20.3 Å². The maximum absolute atomic E-state index is 12.0. The van der Waals surface area contributed by atoms with Gasteiger partial charge in [-0.15, -0.1) is 11.3 Å². The summed E-state index contributed by atoms with van der Waals surface area (Å²) in [5.41, 5.74) is 5.58. The van der Waals surface area contributed by atoms with Crippen molar-refractivity contribution in [2.24, 2.45) is 11.7 Å². The number of nitrogens with two attached hydrogens (primary N) is 1. The summed E-state index contributed by atoms with van der Waals surface area (Å²) in [6.07, 6.45) is 0.738. The van der Waals surface area contributed by atoms with E-state index in [0.29, 0.717) is 16.7 Å². The second kappa shape index (κ2) is 6.29. The van der Waals surface area contributed by atoms with Crippen LogP contribution in [0.2, 0.25) is 0 Å². The van der Waals surface area contributed by atoms with Crippen molar-refractivity contribution in [2.45, 2.75) is 30.5 Å². The minimum Gasteiger partial charge on any atom is -0.329 e. The Morgan fingerprint density at radius 1 is 1.47 bits per heavy atom. The molecule has 17 heavy (non-hydrogen) atoms. The number of rotatable bonds is 6. The minimum atomic E-state index is -3.44. The number of thiophene rings is 1. The van der Waals surface area contributed by atoms with Crippen molar-refractivity contribution in [3.8, 4) is 0 Å². The number of nitrogens with one attached hydrogen (secondary N) is 1. The molecule has 1 aromatic rings. The van der Waals surface area contributed by atoms with E-state index in [1.165, 1.54) is 11.3 Å². The molecule has 0 aliphatic rings. The van der Waals surface area contributed by atoms with Crippen LogP contribution in [0.25, 0.3) is 0 Å². The van der Waals surface area contributed by atoms with Crippen molar-refractivity contribution < 1.29 is 8.42 Å². The predicted molar refractivity (Wildman–Crippen MR) is 74.6 cm³/mol. The Morgan fingerprint density at radius 2 is 2.12 bits per heavy atom. The standard InChI is InChI=1S/C10H17BrN2O2S2/c1-7(2)5-8(6-12)13-17(14,15)10-4-3-9(11)16-10/h3-4,7-8,13H,5-6,12H2,1-2H3. The third kappa shape index (κ3) is 4.67. The lowest BCUT2D eigenvalue weighted by Gasteiger charge is -2.18. The van der Waals surface area contributed by atoms with Gasteiger partial charge >= 0.3 is 0 Å². The third-order valence-corrected chi connectivity index (χ3v) is 5.81. The number of hydrogen-bond acceptors (Lipinski definition) is 4. The van der Waals surface area contributed by atoms with E-state index in [9.17, 15) is 8.42 Å². The molecule has 7 heteroatoms. The SMILES string of the molecule is CC(C)CC(CN)NS(=O)(=O)c1ccc(Br)s1. The smallest absolute Gasteiger partial charge is 0.250 e. The van der Waals surface area contributed by atoms with Gasteiger partial charge in [0.05, 0.1) is 3.79 Å². The Hall–Kier alpha value is 0.0500. The largest absolute Gasteiger partial charge is 0.329 e. The summed E-state index contributed by atoms with van der Waals surface area (Å²) < 4.78 is 27.8. The highest BCUT2D eigenvalue weighted by molar-refractivity contribution is 9.11. The summed E-state index contributed by atoms with van der Waals surface area (Å²) in [5.74, 6) is 0.404. The van der Waals surface area contributed by atoms with Gasteiger partial charge in [-0.05, 0) is 40.4 Å². The van der Waals surface area contributed by atoms with Crippen molar-refractivity contribution >= 4 is 37.3 Å². The number of hydrogen-bond donors (Lipinski definition) is 2. The van der Waals surface area contributed by atoms with Crippen molar-refractivity contribution in [1.29, 1.82) is 0 Å². The highest BCUT2D eigenvalue weighted by Crippen LogP contribution is 2.26. The van der Waals surface area contributed by atoms with Gasteiger partial charge in [-0.1, -0.05) is 13.8 Å². The molecule has 0 aliphatic heterocycles. The van der Waals surface area contributed by atoms with Crippen LogP contribution in [-0.4, -0.2) is 21.0 Å². The zero-order valence-electron chi connectivity index (χ0n) is 9.81. The van der Waals surface area contributed by atoms with Crippen LogP contribution in [0.15, 0.2) is 20.1 Å². The van der Waals surface area contributed by atoms with E-state index in [1.807, 2.05) is 13.8 Å². The van der Waals surface area contributed by atoms with E-state index in [4.69, 9.17) is 5.73 Å². The predicted octanol–water partition coefficient (Wildman–Crippen LogP) is 2.16. The van der Waals surface area contributed by atoms with Gasteiger partial charge in [0.15, 0.2) is 0 Å². The third-order valence-electron chi connectivity index (χ3n) is 2.18. The van der Waals surface area contributed by atoms with E-state index in [0.717, 1.165) is 10.2 Å². The molecule has 1 atom stereocenters. The van der Waals surface area contributed by atoms with Gasteiger partial charge in [0, 0.05) is 12.6 Å². The van der Waals surface area contributed by atoms with Gasteiger partial charge in [0.25, 0.3) is 0 Å². The van der Waals surface area contributed by atoms with Crippen LogP contribution in [0.5, 0.6) is 0 Å². The maximum atomic E-state index is 12.0. The number of halogens is 1. The molecule has 0 fully saturated rings. The number of sulfonamides is 1. The lowest BCUT2D eigenvalue weighted by molar-refractivity contribution is 0.465. The molecular formula is C10H17BrN2O2S2. The summed E-state index contributed by atoms with van der Waals surface area (Å²) in [6.45, 7) is 4.39. The summed E-state index contributed by atoms with van der Waals surface area (Å²) in [5, 5.41) is 0. The topological polar surface area (TPSA) is 72.2 Å². The monoisotopic (exact) mass is 340 g/mol. The first-order valence-corrected chi connectivity index (χ1v) is 8.42. The van der Waals surface area contributed by atoms with E-state index >= 15 is 0 Å². The fourth-order valence-corrected chi connectivity index (χ4v) is 4.77. The van der Waals surface area contributed by atoms with Crippen molar-refractivity contribution in [3.05, 3.63) is 15.9 Å². The molecule has 0 amide bonds. The fraction of sp³-hybridized carbons (Fsp3) is 0.600. The molecule has 0 bridgehead atoms. The Balaban J connectivity index is 2.78. The van der Waals surface area contributed by atoms with Crippen LogP contribution in [-0.2, 0) is 10.0 Å². The lowest BCUT2D eigenvalue weighted by Crippen LogP contribution is -2.40.